The van der Waals surface area contributed by atoms with Crippen LogP contribution < -0.4 is 15.0 Å². The van der Waals surface area contributed by atoms with Gasteiger partial charge in [-0.2, -0.15) is 0 Å². The number of quaternary nitrogens is 1. The first-order chi connectivity index (χ1) is 12.2. The van der Waals surface area contributed by atoms with Crippen LogP contribution in [0.5, 0.6) is 5.75 Å². The molecule has 132 valence electrons. The van der Waals surface area contributed by atoms with Gasteiger partial charge in [0.05, 0.1) is 37.9 Å². The Bertz CT molecular complexity index is 729. The van der Waals surface area contributed by atoms with Gasteiger partial charge in [0, 0.05) is 12.8 Å². The van der Waals surface area contributed by atoms with Crippen molar-refractivity contribution in [1.29, 1.82) is 0 Å². The molecule has 0 aliphatic carbocycles. The van der Waals surface area contributed by atoms with Crippen LogP contribution in [0.3, 0.4) is 0 Å². The smallest absolute Gasteiger partial charge is 0.254 e. The molecule has 25 heavy (non-hydrogen) atoms. The van der Waals surface area contributed by atoms with Crippen LogP contribution in [0.2, 0.25) is 0 Å². The molecule has 0 saturated carbocycles. The van der Waals surface area contributed by atoms with Gasteiger partial charge in [0.2, 0.25) is 0 Å². The second-order valence-electron chi connectivity index (χ2n) is 6.35. The van der Waals surface area contributed by atoms with Crippen LogP contribution in [0.4, 0.5) is 4.39 Å². The van der Waals surface area contributed by atoms with Crippen LogP contribution in [0.25, 0.3) is 0 Å². The number of halogens is 1. The molecule has 0 radical (unpaired) electrons. The van der Waals surface area contributed by atoms with Gasteiger partial charge in [0.1, 0.15) is 17.6 Å². The van der Waals surface area contributed by atoms with Gasteiger partial charge in [0.15, 0.2) is 0 Å². The van der Waals surface area contributed by atoms with Crippen LogP contribution >= 0.6 is 0 Å². The lowest BCUT2D eigenvalue weighted by Gasteiger charge is -2.26. The molecule has 2 N–H and O–H groups in total. The molecule has 3 rings (SSSR count). The number of carbonyl (C=O) groups excluding carboxylic acids is 1. The van der Waals surface area contributed by atoms with E-state index in [-0.39, 0.29) is 17.5 Å². The minimum absolute atomic E-state index is 0.0812. The summed E-state index contributed by atoms with van der Waals surface area (Å²) in [5.41, 5.74) is 1.16. The number of hydrogen-bond acceptors (Lipinski definition) is 2. The fraction of sp³-hybridized carbons (Fsp3) is 0.350. The summed E-state index contributed by atoms with van der Waals surface area (Å²) in [5.74, 6) is -0.0500. The van der Waals surface area contributed by atoms with Crippen LogP contribution in [0.15, 0.2) is 48.5 Å². The normalized spacial score (nSPS) is 15.8. The second kappa shape index (κ2) is 8.12. The lowest BCUT2D eigenvalue weighted by atomic mass is 10.0. The van der Waals surface area contributed by atoms with Crippen molar-refractivity contribution in [3.8, 4) is 5.75 Å². The van der Waals surface area contributed by atoms with Crippen LogP contribution in [-0.2, 0) is 0 Å². The summed E-state index contributed by atoms with van der Waals surface area (Å²) >= 11 is 0. The zero-order valence-corrected chi connectivity index (χ0v) is 14.4. The van der Waals surface area contributed by atoms with Crippen molar-refractivity contribution in [3.63, 3.8) is 0 Å². The fourth-order valence-electron chi connectivity index (χ4n) is 3.54. The number of carbonyl (C=O) groups is 1. The van der Waals surface area contributed by atoms with Crippen LogP contribution in [0, 0.1) is 5.82 Å². The van der Waals surface area contributed by atoms with Gasteiger partial charge < -0.3 is 15.0 Å². The Morgan fingerprint density at radius 3 is 2.56 bits per heavy atom. The van der Waals surface area contributed by atoms with E-state index in [1.807, 2.05) is 24.3 Å². The van der Waals surface area contributed by atoms with E-state index in [2.05, 4.69) is 5.32 Å². The van der Waals surface area contributed by atoms with Gasteiger partial charge in [-0.15, -0.1) is 0 Å². The molecule has 1 aliphatic heterocycles. The molecule has 0 spiro atoms. The zero-order chi connectivity index (χ0) is 17.6. The van der Waals surface area contributed by atoms with Gasteiger partial charge in [-0.25, -0.2) is 4.39 Å². The molecule has 1 heterocycles. The lowest BCUT2D eigenvalue weighted by molar-refractivity contribution is -0.918. The Morgan fingerprint density at radius 1 is 1.16 bits per heavy atom. The highest BCUT2D eigenvalue weighted by atomic mass is 19.1. The molecule has 0 unspecified atom stereocenters. The predicted molar refractivity (Wildman–Crippen MR) is 94.4 cm³/mol. The number of nitrogens with one attached hydrogen (secondary N) is 2. The number of para-hydroxylation sites is 1. The molecule has 2 aromatic rings. The van der Waals surface area contributed by atoms with E-state index in [9.17, 15) is 9.18 Å². The standard InChI is InChI=1S/C20H23FN2O2/c1-25-19-11-5-3-9-16(19)18(23-12-6-7-13-23)14-22-20(24)15-8-2-4-10-17(15)21/h2-5,8-11,18H,6-7,12-14H2,1H3,(H,22,24)/p+1/t18-/m1/s1. The molecule has 5 heteroatoms. The quantitative estimate of drug-likeness (QED) is 0.842. The number of likely N-dealkylation sites (tertiary alicyclic amines) is 1. The Hall–Kier alpha value is -2.40. The number of rotatable bonds is 6. The van der Waals surface area contributed by atoms with E-state index in [1.165, 1.54) is 29.9 Å². The Labute approximate surface area is 147 Å². The summed E-state index contributed by atoms with van der Waals surface area (Å²) < 4.78 is 19.3. The second-order valence-corrected chi connectivity index (χ2v) is 6.35. The van der Waals surface area contributed by atoms with E-state index < -0.39 is 5.82 Å². The SMILES string of the molecule is COc1ccccc1[C@@H](CNC(=O)c1ccccc1F)[NH+]1CCCC1. The predicted octanol–water partition coefficient (Wildman–Crippen LogP) is 1.98. The van der Waals surface area contributed by atoms with Crippen molar-refractivity contribution < 1.29 is 18.8 Å². The lowest BCUT2D eigenvalue weighted by Crippen LogP contribution is -3.11. The molecular weight excluding hydrogens is 319 g/mol. The summed E-state index contributed by atoms with van der Waals surface area (Å²) in [6.45, 7) is 2.58. The van der Waals surface area contributed by atoms with Gasteiger partial charge in [-0.1, -0.05) is 24.3 Å². The Balaban J connectivity index is 1.79. The maximum Gasteiger partial charge on any atom is 0.254 e. The first-order valence-corrected chi connectivity index (χ1v) is 8.71. The van der Waals surface area contributed by atoms with E-state index in [4.69, 9.17) is 4.74 Å². The third-order valence-electron chi connectivity index (χ3n) is 4.84. The topological polar surface area (TPSA) is 42.8 Å². The minimum atomic E-state index is -0.498. The van der Waals surface area contributed by atoms with Crippen molar-refractivity contribution in [2.75, 3.05) is 26.7 Å². The van der Waals surface area contributed by atoms with Gasteiger partial charge >= 0.3 is 0 Å². The van der Waals surface area contributed by atoms with Crippen molar-refractivity contribution >= 4 is 5.91 Å². The van der Waals surface area contributed by atoms with Gasteiger partial charge in [-0.05, 0) is 24.3 Å². The van der Waals surface area contributed by atoms with Crippen LogP contribution in [-0.4, -0.2) is 32.7 Å². The molecule has 4 nitrogen and oxygen atoms in total. The van der Waals surface area contributed by atoms with Crippen LogP contribution in [0.1, 0.15) is 34.8 Å². The molecule has 1 atom stereocenters. The van der Waals surface area contributed by atoms with Crippen molar-refractivity contribution in [2.45, 2.75) is 18.9 Å². The summed E-state index contributed by atoms with van der Waals surface area (Å²) in [6, 6.07) is 14.1. The molecule has 0 bridgehead atoms. The first-order valence-electron chi connectivity index (χ1n) is 8.71. The Kier molecular flexibility index (Phi) is 5.66. The number of methoxy groups -OCH3 is 1. The number of ether oxygens (including phenoxy) is 1. The maximum absolute atomic E-state index is 13.8. The van der Waals surface area contributed by atoms with E-state index in [0.717, 1.165) is 24.4 Å². The van der Waals surface area contributed by atoms with E-state index >= 15 is 0 Å². The highest BCUT2D eigenvalue weighted by Crippen LogP contribution is 2.23. The average Bonchev–Trinajstić information content (AvgIpc) is 3.17. The number of benzene rings is 2. The third-order valence-corrected chi connectivity index (χ3v) is 4.84. The summed E-state index contributed by atoms with van der Waals surface area (Å²) in [5, 5.41) is 2.91. The maximum atomic E-state index is 13.8. The highest BCUT2D eigenvalue weighted by molar-refractivity contribution is 5.94. The van der Waals surface area contributed by atoms with Crippen molar-refractivity contribution in [3.05, 3.63) is 65.5 Å². The monoisotopic (exact) mass is 343 g/mol. The van der Waals surface area contributed by atoms with Crippen molar-refractivity contribution in [1.82, 2.24) is 5.32 Å². The van der Waals surface area contributed by atoms with Crippen molar-refractivity contribution in [2.24, 2.45) is 0 Å². The summed E-state index contributed by atoms with van der Waals surface area (Å²) in [4.78, 5) is 13.8. The van der Waals surface area contributed by atoms with Gasteiger partial charge in [0.25, 0.3) is 5.91 Å². The highest BCUT2D eigenvalue weighted by Gasteiger charge is 2.30. The number of hydrogen-bond donors (Lipinski definition) is 2. The first kappa shape index (κ1) is 17.4. The van der Waals surface area contributed by atoms with E-state index in [0.29, 0.717) is 6.54 Å². The molecule has 1 amide bonds. The molecule has 2 aromatic carbocycles. The summed E-state index contributed by atoms with van der Waals surface area (Å²) in [7, 11) is 1.66. The number of amides is 1. The van der Waals surface area contributed by atoms with Gasteiger partial charge in [-0.3, -0.25) is 4.79 Å². The third kappa shape index (κ3) is 3.99. The minimum Gasteiger partial charge on any atom is -0.496 e. The molecular formula is C20H24FN2O2+. The molecule has 0 aromatic heterocycles. The Morgan fingerprint density at radius 2 is 1.84 bits per heavy atom. The molecule has 1 saturated heterocycles. The largest absolute Gasteiger partial charge is 0.496 e. The molecule has 1 fully saturated rings. The summed E-state index contributed by atoms with van der Waals surface area (Å²) in [6.07, 6.45) is 2.37. The average molecular weight is 343 g/mol. The fourth-order valence-corrected chi connectivity index (χ4v) is 3.54. The zero-order valence-electron chi connectivity index (χ0n) is 14.4. The molecule has 1 aliphatic rings. The van der Waals surface area contributed by atoms with E-state index in [1.54, 1.807) is 19.2 Å².